The molecule has 1 aromatic heterocycles. The van der Waals surface area contributed by atoms with E-state index in [9.17, 15) is 5.21 Å². The first-order chi connectivity index (χ1) is 9.11. The smallest absolute Gasteiger partial charge is 0.211 e. The Balaban J connectivity index is 2.35. The minimum Gasteiger partial charge on any atom is -0.623 e. The number of hydrogen-bond donors (Lipinski definition) is 0. The first-order valence-corrected chi connectivity index (χ1v) is 7.34. The predicted octanol–water partition coefficient (Wildman–Crippen LogP) is 2.74. The van der Waals surface area contributed by atoms with E-state index in [0.717, 1.165) is 38.1 Å². The molecule has 5 heteroatoms. The molecule has 19 heavy (non-hydrogen) atoms. The lowest BCUT2D eigenvalue weighted by atomic mass is 10.1. The summed E-state index contributed by atoms with van der Waals surface area (Å²) in [7, 11) is 0. The number of imidazole rings is 1. The van der Waals surface area contributed by atoms with Gasteiger partial charge in [-0.1, -0.05) is 0 Å². The maximum absolute atomic E-state index is 12.2. The number of aryl methyl sites for hydroxylation is 1. The van der Waals surface area contributed by atoms with Gasteiger partial charge in [-0.3, -0.25) is 4.57 Å². The molecule has 0 amide bonds. The number of benzene rings is 1. The molecule has 0 N–H and O–H groups in total. The van der Waals surface area contributed by atoms with Gasteiger partial charge in [-0.2, -0.15) is 0 Å². The Morgan fingerprint density at radius 2 is 2.16 bits per heavy atom. The molecule has 3 rings (SSSR count). The SMILES string of the molecule is CSc1ccc2c(c1)C(C)=[N+]([O-])Cc1ncc(C)n1-2. The van der Waals surface area contributed by atoms with Crippen LogP contribution >= 0.6 is 11.8 Å². The maximum Gasteiger partial charge on any atom is 0.211 e. The zero-order valence-electron chi connectivity index (χ0n) is 11.2. The molecule has 1 aromatic carbocycles. The van der Waals surface area contributed by atoms with E-state index in [1.807, 2.05) is 26.3 Å². The van der Waals surface area contributed by atoms with Crippen LogP contribution in [-0.4, -0.2) is 26.3 Å². The van der Waals surface area contributed by atoms with Crippen LogP contribution in [0.4, 0.5) is 0 Å². The third-order valence-corrected chi connectivity index (χ3v) is 4.23. The Kier molecular flexibility index (Phi) is 2.86. The highest BCUT2D eigenvalue weighted by Gasteiger charge is 2.23. The van der Waals surface area contributed by atoms with Crippen molar-refractivity contribution in [3.63, 3.8) is 0 Å². The second-order valence-corrected chi connectivity index (χ2v) is 5.54. The number of thioether (sulfide) groups is 1. The molecule has 2 aromatic rings. The van der Waals surface area contributed by atoms with Gasteiger partial charge in [0.05, 0.1) is 11.3 Å². The Morgan fingerprint density at radius 1 is 1.37 bits per heavy atom. The number of nitrogens with zero attached hydrogens (tertiary/aromatic N) is 3. The molecule has 0 saturated heterocycles. The topological polar surface area (TPSA) is 43.9 Å². The summed E-state index contributed by atoms with van der Waals surface area (Å²) < 4.78 is 3.09. The number of rotatable bonds is 1. The Bertz CT molecular complexity index is 688. The summed E-state index contributed by atoms with van der Waals surface area (Å²) in [6.45, 7) is 4.18. The quantitative estimate of drug-likeness (QED) is 0.456. The Morgan fingerprint density at radius 3 is 2.89 bits per heavy atom. The van der Waals surface area contributed by atoms with E-state index in [1.54, 1.807) is 11.8 Å². The number of hydroxylamine groups is 1. The van der Waals surface area contributed by atoms with Crippen LogP contribution in [0.1, 0.15) is 24.0 Å². The van der Waals surface area contributed by atoms with Gasteiger partial charge < -0.3 is 5.21 Å². The lowest BCUT2D eigenvalue weighted by Gasteiger charge is -2.10. The van der Waals surface area contributed by atoms with E-state index < -0.39 is 0 Å². The molecule has 4 nitrogen and oxygen atoms in total. The molecule has 0 aliphatic carbocycles. The van der Waals surface area contributed by atoms with Gasteiger partial charge in [0, 0.05) is 23.7 Å². The summed E-state index contributed by atoms with van der Waals surface area (Å²) in [5.41, 5.74) is 3.83. The fourth-order valence-corrected chi connectivity index (χ4v) is 2.88. The summed E-state index contributed by atoms with van der Waals surface area (Å²) in [5, 5.41) is 12.2. The highest BCUT2D eigenvalue weighted by Crippen LogP contribution is 2.27. The first-order valence-electron chi connectivity index (χ1n) is 6.12. The van der Waals surface area contributed by atoms with Gasteiger partial charge >= 0.3 is 0 Å². The minimum absolute atomic E-state index is 0.295. The van der Waals surface area contributed by atoms with Gasteiger partial charge in [-0.25, -0.2) is 9.72 Å². The van der Waals surface area contributed by atoms with Gasteiger partial charge in [-0.15, -0.1) is 11.8 Å². The van der Waals surface area contributed by atoms with E-state index in [-0.39, 0.29) is 0 Å². The Hall–Kier alpha value is -1.75. The fourth-order valence-electron chi connectivity index (χ4n) is 2.44. The van der Waals surface area contributed by atoms with Crippen molar-refractivity contribution in [2.45, 2.75) is 25.3 Å². The standard InChI is InChI=1S/C14H15N3OS/c1-9-7-15-14-8-16(18)10(2)12-6-11(19-3)4-5-13(12)17(9)14/h4-7H,8H2,1-3H3. The molecule has 0 fully saturated rings. The lowest BCUT2D eigenvalue weighted by molar-refractivity contribution is -0.476. The van der Waals surface area contributed by atoms with Crippen LogP contribution in [0.5, 0.6) is 0 Å². The van der Waals surface area contributed by atoms with Crippen molar-refractivity contribution in [1.82, 2.24) is 9.55 Å². The molecule has 98 valence electrons. The van der Waals surface area contributed by atoms with Crippen molar-refractivity contribution >= 4 is 17.5 Å². The summed E-state index contributed by atoms with van der Waals surface area (Å²) in [5.74, 6) is 0.794. The molecule has 0 bridgehead atoms. The molecule has 0 saturated carbocycles. The van der Waals surface area contributed by atoms with Gasteiger partial charge in [0.25, 0.3) is 0 Å². The van der Waals surface area contributed by atoms with E-state index in [1.165, 1.54) is 0 Å². The molecular weight excluding hydrogens is 258 g/mol. The van der Waals surface area contributed by atoms with Crippen molar-refractivity contribution in [3.8, 4) is 5.69 Å². The maximum atomic E-state index is 12.2. The van der Waals surface area contributed by atoms with Gasteiger partial charge in [0.2, 0.25) is 6.54 Å². The van der Waals surface area contributed by atoms with Gasteiger partial charge in [0.15, 0.2) is 11.5 Å². The molecule has 0 spiro atoms. The van der Waals surface area contributed by atoms with E-state index in [2.05, 4.69) is 27.8 Å². The molecule has 1 aliphatic rings. The fraction of sp³-hybridized carbons (Fsp3) is 0.286. The largest absolute Gasteiger partial charge is 0.623 e. The predicted molar refractivity (Wildman–Crippen MR) is 77.2 cm³/mol. The van der Waals surface area contributed by atoms with Crippen molar-refractivity contribution in [2.24, 2.45) is 0 Å². The second-order valence-electron chi connectivity index (χ2n) is 4.66. The van der Waals surface area contributed by atoms with Crippen LogP contribution in [0.25, 0.3) is 5.69 Å². The van der Waals surface area contributed by atoms with Crippen LogP contribution < -0.4 is 0 Å². The third kappa shape index (κ3) is 1.85. The molecule has 0 unspecified atom stereocenters. The second kappa shape index (κ2) is 4.42. The van der Waals surface area contributed by atoms with Crippen molar-refractivity contribution in [2.75, 3.05) is 6.26 Å². The highest BCUT2D eigenvalue weighted by molar-refractivity contribution is 7.98. The third-order valence-electron chi connectivity index (χ3n) is 3.50. The Labute approximate surface area is 116 Å². The van der Waals surface area contributed by atoms with E-state index >= 15 is 0 Å². The highest BCUT2D eigenvalue weighted by atomic mass is 32.2. The zero-order valence-corrected chi connectivity index (χ0v) is 12.0. The average Bonchev–Trinajstić information content (AvgIpc) is 2.73. The van der Waals surface area contributed by atoms with Crippen LogP contribution in [0.15, 0.2) is 29.3 Å². The van der Waals surface area contributed by atoms with Gasteiger partial charge in [0.1, 0.15) is 0 Å². The summed E-state index contributed by atoms with van der Waals surface area (Å²) in [6, 6.07) is 6.23. The van der Waals surface area contributed by atoms with Gasteiger partial charge in [-0.05, 0) is 31.4 Å². The van der Waals surface area contributed by atoms with Crippen molar-refractivity contribution in [1.29, 1.82) is 0 Å². The summed E-state index contributed by atoms with van der Waals surface area (Å²) in [4.78, 5) is 5.51. The molecule has 2 heterocycles. The van der Waals surface area contributed by atoms with E-state index in [4.69, 9.17) is 0 Å². The van der Waals surface area contributed by atoms with Crippen LogP contribution in [0, 0.1) is 12.1 Å². The minimum atomic E-state index is 0.295. The molecule has 0 atom stereocenters. The van der Waals surface area contributed by atoms with Crippen LogP contribution in [0.3, 0.4) is 0 Å². The zero-order chi connectivity index (χ0) is 13.6. The van der Waals surface area contributed by atoms with Crippen LogP contribution in [0.2, 0.25) is 0 Å². The normalized spacial score (nSPS) is 14.1. The van der Waals surface area contributed by atoms with Crippen LogP contribution in [-0.2, 0) is 6.54 Å². The van der Waals surface area contributed by atoms with Crippen molar-refractivity contribution in [3.05, 3.63) is 46.7 Å². The number of fused-ring (bicyclic) bond motifs is 3. The average molecular weight is 273 g/mol. The lowest BCUT2D eigenvalue weighted by Crippen LogP contribution is -2.12. The monoisotopic (exact) mass is 273 g/mol. The van der Waals surface area contributed by atoms with Crippen molar-refractivity contribution < 1.29 is 4.74 Å². The molecular formula is C14H15N3OS. The summed E-state index contributed by atoms with van der Waals surface area (Å²) in [6.07, 6.45) is 3.85. The number of hydrogen-bond acceptors (Lipinski definition) is 3. The summed E-state index contributed by atoms with van der Waals surface area (Å²) >= 11 is 1.68. The number of aromatic nitrogens is 2. The molecule has 1 aliphatic heterocycles. The van der Waals surface area contributed by atoms with E-state index in [0.29, 0.717) is 6.54 Å². The molecule has 0 radical (unpaired) electrons. The first kappa shape index (κ1) is 12.3.